The van der Waals surface area contributed by atoms with E-state index < -0.39 is 0 Å². The molecule has 0 radical (unpaired) electrons. The molecule has 0 atom stereocenters. The lowest BCUT2D eigenvalue weighted by Gasteiger charge is -2.06. The Balaban J connectivity index is 2.09. The van der Waals surface area contributed by atoms with Gasteiger partial charge in [0.15, 0.2) is 0 Å². The molecule has 0 aliphatic carbocycles. The molecule has 1 aromatic carbocycles. The van der Waals surface area contributed by atoms with Gasteiger partial charge in [-0.15, -0.1) is 11.8 Å². The largest absolute Gasteiger partial charge is 0.290 e. The van der Waals surface area contributed by atoms with E-state index in [9.17, 15) is 4.79 Å². The third-order valence-corrected chi connectivity index (χ3v) is 3.76. The van der Waals surface area contributed by atoms with E-state index >= 15 is 0 Å². The summed E-state index contributed by atoms with van der Waals surface area (Å²) in [5.74, 6) is 5.63. The second-order valence-electron chi connectivity index (χ2n) is 4.59. The summed E-state index contributed by atoms with van der Waals surface area (Å²) >= 11 is 1.66. The average molecular weight is 287 g/mol. The number of amides is 1. The summed E-state index contributed by atoms with van der Waals surface area (Å²) in [7, 11) is 0. The quantitative estimate of drug-likeness (QED) is 0.392. The molecule has 0 saturated carbocycles. The number of benzene rings is 1. The van der Waals surface area contributed by atoms with Crippen molar-refractivity contribution in [1.29, 1.82) is 0 Å². The monoisotopic (exact) mass is 287 g/mol. The molecule has 0 spiro atoms. The minimum Gasteiger partial charge on any atom is -0.290 e. The molecule has 3 N–H and O–H groups in total. The highest BCUT2D eigenvalue weighted by Crippen LogP contribution is 2.22. The van der Waals surface area contributed by atoms with Crippen LogP contribution in [0, 0.1) is 13.8 Å². The molecule has 0 unspecified atom stereocenters. The summed E-state index contributed by atoms with van der Waals surface area (Å²) in [5.41, 5.74) is 6.00. The summed E-state index contributed by atoms with van der Waals surface area (Å²) in [6.07, 6.45) is 0. The maximum atomic E-state index is 11.5. The minimum atomic E-state index is -0.277. The number of carbonyl (C=O) groups is 1. The van der Waals surface area contributed by atoms with Crippen molar-refractivity contribution >= 4 is 17.7 Å². The first-order valence-electron chi connectivity index (χ1n) is 6.26. The number of hydrazine groups is 1. The van der Waals surface area contributed by atoms with Gasteiger partial charge in [-0.3, -0.25) is 10.2 Å². The van der Waals surface area contributed by atoms with Gasteiger partial charge in [-0.25, -0.2) is 10.8 Å². The maximum absolute atomic E-state index is 11.5. The first-order valence-corrected chi connectivity index (χ1v) is 7.25. The molecule has 20 heavy (non-hydrogen) atoms. The average Bonchev–Trinajstić information content (AvgIpc) is 2.43. The van der Waals surface area contributed by atoms with Crippen molar-refractivity contribution in [3.63, 3.8) is 0 Å². The number of thioether (sulfide) groups is 1. The Labute approximate surface area is 122 Å². The molecule has 0 aliphatic rings. The van der Waals surface area contributed by atoms with Gasteiger partial charge >= 0.3 is 0 Å². The predicted octanol–water partition coefficient (Wildman–Crippen LogP) is 2.59. The molecule has 5 heteroatoms. The fourth-order valence-corrected chi connectivity index (χ4v) is 2.89. The van der Waals surface area contributed by atoms with Crippen LogP contribution < -0.4 is 11.3 Å². The fraction of sp³-hybridized carbons (Fsp3) is 0.200. The number of hydrogen-bond donors (Lipinski definition) is 2. The smallest absolute Gasteiger partial charge is 0.265 e. The fourth-order valence-electron chi connectivity index (χ4n) is 1.92. The number of carbonyl (C=O) groups excluding carboxylic acids is 1. The molecule has 0 aliphatic heterocycles. The number of hydrogen-bond acceptors (Lipinski definition) is 4. The topological polar surface area (TPSA) is 68.0 Å². The van der Waals surface area contributed by atoms with Crippen LogP contribution in [0.4, 0.5) is 0 Å². The number of nitrogens with one attached hydrogen (secondary N) is 1. The van der Waals surface area contributed by atoms with Crippen molar-refractivity contribution in [2.24, 2.45) is 5.84 Å². The first-order chi connectivity index (χ1) is 9.58. The lowest BCUT2D eigenvalue weighted by Crippen LogP contribution is -2.29. The molecule has 1 aromatic heterocycles. The molecule has 2 rings (SSSR count). The summed E-state index contributed by atoms with van der Waals surface area (Å²) in [6.45, 7) is 4.05. The second-order valence-corrected chi connectivity index (χ2v) is 5.58. The van der Waals surface area contributed by atoms with Crippen LogP contribution in [0.5, 0.6) is 0 Å². The van der Waals surface area contributed by atoms with E-state index in [1.165, 1.54) is 5.56 Å². The lowest BCUT2D eigenvalue weighted by atomic mass is 10.1. The van der Waals surface area contributed by atoms with Gasteiger partial charge in [0.25, 0.3) is 5.91 Å². The normalized spacial score (nSPS) is 10.3. The number of nitrogen functional groups attached to an aromatic ring is 1. The molecular weight excluding hydrogens is 270 g/mol. The van der Waals surface area contributed by atoms with Crippen LogP contribution in [0.15, 0.2) is 41.4 Å². The Hall–Kier alpha value is -1.85. The highest BCUT2D eigenvalue weighted by atomic mass is 32.2. The highest BCUT2D eigenvalue weighted by molar-refractivity contribution is 7.98. The van der Waals surface area contributed by atoms with Crippen molar-refractivity contribution in [3.8, 4) is 0 Å². The zero-order chi connectivity index (χ0) is 14.5. The number of pyridine rings is 1. The van der Waals surface area contributed by atoms with Gasteiger partial charge in [-0.1, -0.05) is 12.1 Å². The number of nitrogens with zero attached hydrogens (tertiary/aromatic N) is 1. The van der Waals surface area contributed by atoms with Gasteiger partial charge in [0.1, 0.15) is 0 Å². The molecule has 1 heterocycles. The third kappa shape index (κ3) is 3.82. The van der Waals surface area contributed by atoms with E-state index in [2.05, 4.69) is 29.5 Å². The zero-order valence-corrected chi connectivity index (χ0v) is 12.3. The third-order valence-electron chi connectivity index (χ3n) is 2.78. The minimum absolute atomic E-state index is 0.277. The van der Waals surface area contributed by atoms with Crippen LogP contribution >= 0.6 is 11.8 Å². The van der Waals surface area contributed by atoms with Crippen molar-refractivity contribution in [1.82, 2.24) is 10.4 Å². The zero-order valence-electron chi connectivity index (χ0n) is 11.5. The van der Waals surface area contributed by atoms with E-state index in [-0.39, 0.29) is 5.91 Å². The van der Waals surface area contributed by atoms with Crippen molar-refractivity contribution in [2.45, 2.75) is 24.6 Å². The van der Waals surface area contributed by atoms with Crippen molar-refractivity contribution in [3.05, 3.63) is 58.8 Å². The summed E-state index contributed by atoms with van der Waals surface area (Å²) in [4.78, 5) is 16.0. The highest BCUT2D eigenvalue weighted by Gasteiger charge is 2.05. The SMILES string of the molecule is Cc1cc(C)nc(SCc2cccc(C(=O)NN)c2)c1. The van der Waals surface area contributed by atoms with E-state index in [0.717, 1.165) is 22.0 Å². The Morgan fingerprint density at radius 2 is 2.10 bits per heavy atom. The first kappa shape index (κ1) is 14.6. The standard InChI is InChI=1S/C15H17N3OS/c1-10-6-11(2)17-14(7-10)20-9-12-4-3-5-13(8-12)15(19)18-16/h3-8H,9,16H2,1-2H3,(H,18,19). The van der Waals surface area contributed by atoms with E-state index in [4.69, 9.17) is 5.84 Å². The van der Waals surface area contributed by atoms with Gasteiger partial charge in [0, 0.05) is 17.0 Å². The van der Waals surface area contributed by atoms with Crippen LogP contribution in [-0.4, -0.2) is 10.9 Å². The van der Waals surface area contributed by atoms with Crippen molar-refractivity contribution < 1.29 is 4.79 Å². The molecule has 0 fully saturated rings. The number of rotatable bonds is 4. The molecule has 4 nitrogen and oxygen atoms in total. The Kier molecular flexibility index (Phi) is 4.76. The van der Waals surface area contributed by atoms with Crippen LogP contribution in [0.2, 0.25) is 0 Å². The van der Waals surface area contributed by atoms with E-state index in [1.807, 2.05) is 25.1 Å². The van der Waals surface area contributed by atoms with Gasteiger partial charge in [0.2, 0.25) is 0 Å². The maximum Gasteiger partial charge on any atom is 0.265 e. The van der Waals surface area contributed by atoms with Gasteiger partial charge in [0.05, 0.1) is 5.03 Å². The number of nitrogens with two attached hydrogens (primary N) is 1. The van der Waals surface area contributed by atoms with E-state index in [0.29, 0.717) is 5.56 Å². The van der Waals surface area contributed by atoms with Gasteiger partial charge < -0.3 is 0 Å². The predicted molar refractivity (Wildman–Crippen MR) is 81.4 cm³/mol. The van der Waals surface area contributed by atoms with Crippen LogP contribution in [0.3, 0.4) is 0 Å². The van der Waals surface area contributed by atoms with Gasteiger partial charge in [-0.05, 0) is 49.2 Å². The van der Waals surface area contributed by atoms with Crippen molar-refractivity contribution in [2.75, 3.05) is 0 Å². The van der Waals surface area contributed by atoms with Crippen LogP contribution in [0.1, 0.15) is 27.2 Å². The summed E-state index contributed by atoms with van der Waals surface area (Å²) in [6, 6.07) is 11.5. The van der Waals surface area contributed by atoms with Gasteiger partial charge in [-0.2, -0.15) is 0 Å². The van der Waals surface area contributed by atoms with Crippen LogP contribution in [0.25, 0.3) is 0 Å². The Bertz CT molecular complexity index is 608. The molecule has 104 valence electrons. The molecular formula is C15H17N3OS. The van der Waals surface area contributed by atoms with Crippen LogP contribution in [-0.2, 0) is 5.75 Å². The Morgan fingerprint density at radius 1 is 1.30 bits per heavy atom. The lowest BCUT2D eigenvalue weighted by molar-refractivity contribution is 0.0953. The Morgan fingerprint density at radius 3 is 2.80 bits per heavy atom. The summed E-state index contributed by atoms with van der Waals surface area (Å²) in [5, 5.41) is 0.996. The summed E-state index contributed by atoms with van der Waals surface area (Å²) < 4.78 is 0. The number of aromatic nitrogens is 1. The molecule has 0 bridgehead atoms. The second kappa shape index (κ2) is 6.54. The molecule has 1 amide bonds. The molecule has 2 aromatic rings. The van der Waals surface area contributed by atoms with E-state index in [1.54, 1.807) is 17.8 Å². The molecule has 0 saturated heterocycles. The number of aryl methyl sites for hydroxylation is 2.